The van der Waals surface area contributed by atoms with Gasteiger partial charge in [-0.2, -0.15) is 0 Å². The van der Waals surface area contributed by atoms with Crippen LogP contribution in [0.3, 0.4) is 0 Å². The van der Waals surface area contributed by atoms with Crippen molar-refractivity contribution in [2.75, 3.05) is 7.11 Å². The Labute approximate surface area is 109 Å². The fourth-order valence-corrected chi connectivity index (χ4v) is 2.73. The van der Waals surface area contributed by atoms with Crippen molar-refractivity contribution in [1.82, 2.24) is 4.98 Å². The lowest BCUT2D eigenvalue weighted by molar-refractivity contribution is 0.0603. The topological polar surface area (TPSA) is 74.7 Å². The summed E-state index contributed by atoms with van der Waals surface area (Å²) in [7, 11) is 1.37. The Morgan fingerprint density at radius 1 is 1.42 bits per heavy atom. The molecule has 1 aliphatic carbocycles. The molecular weight excluding hydrogens is 244 g/mol. The van der Waals surface area contributed by atoms with Crippen molar-refractivity contribution < 1.29 is 14.7 Å². The van der Waals surface area contributed by atoms with Gasteiger partial charge in [-0.3, -0.25) is 0 Å². The van der Waals surface area contributed by atoms with Gasteiger partial charge >= 0.3 is 5.97 Å². The highest BCUT2D eigenvalue weighted by molar-refractivity contribution is 6.15. The van der Waals surface area contributed by atoms with E-state index in [0.717, 1.165) is 41.4 Å². The van der Waals surface area contributed by atoms with Crippen LogP contribution in [0.15, 0.2) is 23.4 Å². The number of hydrogen-bond donors (Lipinski definition) is 2. The largest absolute Gasteiger partial charge is 0.465 e. The zero-order valence-electron chi connectivity index (χ0n) is 10.6. The van der Waals surface area contributed by atoms with Gasteiger partial charge in [0.1, 0.15) is 0 Å². The molecule has 0 unspecified atom stereocenters. The number of nitrogens with zero attached hydrogens (tertiary/aromatic N) is 1. The molecule has 0 radical (unpaired) electrons. The highest BCUT2D eigenvalue weighted by Crippen LogP contribution is 2.31. The summed E-state index contributed by atoms with van der Waals surface area (Å²) < 4.78 is 4.79. The molecule has 0 atom stereocenters. The first-order valence-corrected chi connectivity index (χ1v) is 6.19. The number of hydrogen-bond acceptors (Lipinski definition) is 4. The maximum atomic E-state index is 11.8. The van der Waals surface area contributed by atoms with E-state index in [4.69, 9.17) is 9.94 Å². The normalized spacial score (nSPS) is 16.6. The first-order chi connectivity index (χ1) is 9.26. The number of aromatic amines is 1. The van der Waals surface area contributed by atoms with Gasteiger partial charge in [0.25, 0.3) is 0 Å². The monoisotopic (exact) mass is 258 g/mol. The van der Waals surface area contributed by atoms with Crippen LogP contribution in [0.4, 0.5) is 0 Å². The van der Waals surface area contributed by atoms with Crippen LogP contribution in [-0.4, -0.2) is 29.0 Å². The summed E-state index contributed by atoms with van der Waals surface area (Å²) in [5.74, 6) is -0.369. The molecule has 0 aliphatic heterocycles. The van der Waals surface area contributed by atoms with E-state index >= 15 is 0 Å². The van der Waals surface area contributed by atoms with Gasteiger partial charge in [-0.05, 0) is 25.3 Å². The van der Waals surface area contributed by atoms with Gasteiger partial charge < -0.3 is 14.9 Å². The number of benzene rings is 1. The quantitative estimate of drug-likeness (QED) is 0.468. The Morgan fingerprint density at radius 3 is 3.00 bits per heavy atom. The Balaban J connectivity index is 2.31. The van der Waals surface area contributed by atoms with Crippen molar-refractivity contribution in [1.29, 1.82) is 0 Å². The van der Waals surface area contributed by atoms with Crippen molar-refractivity contribution in [3.8, 4) is 0 Å². The maximum absolute atomic E-state index is 11.8. The summed E-state index contributed by atoms with van der Waals surface area (Å²) in [6.07, 6.45) is 2.58. The average molecular weight is 258 g/mol. The minimum Gasteiger partial charge on any atom is -0.465 e. The minimum atomic E-state index is -0.369. The van der Waals surface area contributed by atoms with E-state index in [1.54, 1.807) is 6.07 Å². The number of ether oxygens (including phenoxy) is 1. The Hall–Kier alpha value is -2.30. The molecule has 0 fully saturated rings. The van der Waals surface area contributed by atoms with E-state index in [1.807, 2.05) is 12.1 Å². The average Bonchev–Trinajstić information content (AvgIpc) is 2.84. The third-order valence-corrected chi connectivity index (χ3v) is 3.57. The SMILES string of the molecule is COC(=O)c1cccc2c3c([nH]c12)CCCC3=NO. The second-order valence-corrected chi connectivity index (χ2v) is 4.60. The van der Waals surface area contributed by atoms with Gasteiger partial charge in [-0.15, -0.1) is 0 Å². The van der Waals surface area contributed by atoms with Crippen LogP contribution in [-0.2, 0) is 11.2 Å². The van der Waals surface area contributed by atoms with E-state index in [0.29, 0.717) is 11.3 Å². The van der Waals surface area contributed by atoms with Crippen LogP contribution in [0.5, 0.6) is 0 Å². The molecule has 5 nitrogen and oxygen atoms in total. The van der Waals surface area contributed by atoms with Gasteiger partial charge in [0, 0.05) is 16.6 Å². The second kappa shape index (κ2) is 4.42. The van der Waals surface area contributed by atoms with E-state index in [9.17, 15) is 4.79 Å². The summed E-state index contributed by atoms with van der Waals surface area (Å²) in [5.41, 5.74) is 3.88. The lowest BCUT2D eigenvalue weighted by atomic mass is 9.93. The first-order valence-electron chi connectivity index (χ1n) is 6.19. The molecule has 3 rings (SSSR count). The molecule has 5 heteroatoms. The minimum absolute atomic E-state index is 0.369. The summed E-state index contributed by atoms with van der Waals surface area (Å²) in [4.78, 5) is 15.0. The summed E-state index contributed by atoms with van der Waals surface area (Å²) in [5, 5.41) is 13.4. The molecule has 2 aromatic rings. The van der Waals surface area contributed by atoms with E-state index in [2.05, 4.69) is 10.1 Å². The number of aromatic nitrogens is 1. The van der Waals surface area contributed by atoms with E-state index in [1.165, 1.54) is 7.11 Å². The van der Waals surface area contributed by atoms with Gasteiger partial charge in [0.05, 0.1) is 23.9 Å². The second-order valence-electron chi connectivity index (χ2n) is 4.60. The number of para-hydroxylation sites is 1. The summed E-state index contributed by atoms with van der Waals surface area (Å²) in [6, 6.07) is 5.46. The lowest BCUT2D eigenvalue weighted by Crippen LogP contribution is -2.10. The van der Waals surface area contributed by atoms with E-state index in [-0.39, 0.29) is 5.97 Å². The molecule has 1 aliphatic rings. The van der Waals surface area contributed by atoms with Crippen LogP contribution in [0.25, 0.3) is 10.9 Å². The number of H-pyrrole nitrogens is 1. The Bertz CT molecular complexity index is 685. The molecule has 98 valence electrons. The van der Waals surface area contributed by atoms with E-state index < -0.39 is 0 Å². The van der Waals surface area contributed by atoms with Crippen molar-refractivity contribution >= 4 is 22.6 Å². The number of oxime groups is 1. The Kier molecular flexibility index (Phi) is 2.74. The van der Waals surface area contributed by atoms with Crippen LogP contribution in [0.1, 0.15) is 34.5 Å². The van der Waals surface area contributed by atoms with Gasteiger partial charge in [0.15, 0.2) is 0 Å². The number of methoxy groups -OCH3 is 1. The molecule has 19 heavy (non-hydrogen) atoms. The predicted octanol–water partition coefficient (Wildman–Crippen LogP) is 2.47. The molecule has 0 saturated heterocycles. The molecule has 0 bridgehead atoms. The molecule has 0 amide bonds. The fourth-order valence-electron chi connectivity index (χ4n) is 2.73. The lowest BCUT2D eigenvalue weighted by Gasteiger charge is -2.12. The summed E-state index contributed by atoms with van der Waals surface area (Å²) in [6.45, 7) is 0. The number of esters is 1. The molecule has 0 spiro atoms. The molecule has 0 saturated carbocycles. The third-order valence-electron chi connectivity index (χ3n) is 3.57. The Morgan fingerprint density at radius 2 is 2.26 bits per heavy atom. The van der Waals surface area contributed by atoms with Crippen molar-refractivity contribution in [2.45, 2.75) is 19.3 Å². The fraction of sp³-hybridized carbons (Fsp3) is 0.286. The smallest absolute Gasteiger partial charge is 0.339 e. The molecule has 1 aromatic heterocycles. The molecule has 1 heterocycles. The standard InChI is InChI=1S/C14H14N2O3/c1-19-14(17)9-5-2-4-8-12-10(15-13(8)9)6-3-7-11(12)16-18/h2,4-5,15,18H,3,6-7H2,1H3. The first kappa shape index (κ1) is 11.8. The number of aryl methyl sites for hydroxylation is 1. The van der Waals surface area contributed by atoms with Gasteiger partial charge in [-0.1, -0.05) is 17.3 Å². The predicted molar refractivity (Wildman–Crippen MR) is 70.9 cm³/mol. The number of nitrogens with one attached hydrogen (secondary N) is 1. The van der Waals surface area contributed by atoms with Crippen LogP contribution in [0.2, 0.25) is 0 Å². The van der Waals surface area contributed by atoms with Crippen molar-refractivity contribution in [3.05, 3.63) is 35.0 Å². The van der Waals surface area contributed by atoms with Crippen molar-refractivity contribution in [3.63, 3.8) is 0 Å². The number of carbonyl (C=O) groups is 1. The zero-order valence-corrected chi connectivity index (χ0v) is 10.6. The highest BCUT2D eigenvalue weighted by atomic mass is 16.5. The molecule has 1 aromatic carbocycles. The molecule has 2 N–H and O–H groups in total. The highest BCUT2D eigenvalue weighted by Gasteiger charge is 2.23. The van der Waals surface area contributed by atoms with Crippen LogP contribution in [0, 0.1) is 0 Å². The van der Waals surface area contributed by atoms with Crippen LogP contribution >= 0.6 is 0 Å². The summed E-state index contributed by atoms with van der Waals surface area (Å²) >= 11 is 0. The number of carbonyl (C=O) groups excluding carboxylic acids is 1. The number of fused-ring (bicyclic) bond motifs is 3. The number of rotatable bonds is 1. The van der Waals surface area contributed by atoms with Crippen molar-refractivity contribution in [2.24, 2.45) is 5.16 Å². The van der Waals surface area contributed by atoms with Gasteiger partial charge in [-0.25, -0.2) is 4.79 Å². The third kappa shape index (κ3) is 1.69. The maximum Gasteiger partial charge on any atom is 0.339 e. The molecular formula is C14H14N2O3. The van der Waals surface area contributed by atoms with Gasteiger partial charge in [0.2, 0.25) is 0 Å². The zero-order chi connectivity index (χ0) is 13.4. The van der Waals surface area contributed by atoms with Crippen LogP contribution < -0.4 is 0 Å².